The summed E-state index contributed by atoms with van der Waals surface area (Å²) >= 11 is 1.37. The molecular weight excluding hydrogens is 357 g/mol. The van der Waals surface area contributed by atoms with E-state index >= 15 is 0 Å². The predicted octanol–water partition coefficient (Wildman–Crippen LogP) is 3.59. The molecule has 2 aromatic rings. The third-order valence-corrected chi connectivity index (χ3v) is 5.33. The third kappa shape index (κ3) is 4.47. The minimum Gasteiger partial charge on any atom is -0.490 e. The SMILES string of the molecule is CCOc1cc([C@@H]2NC[C@@H](C(=O)O)S2)ccc1OCc1cccc(F)c1. The topological polar surface area (TPSA) is 67.8 Å². The Kier molecular flexibility index (Phi) is 6.00. The van der Waals surface area contributed by atoms with Crippen molar-refractivity contribution < 1.29 is 23.8 Å². The van der Waals surface area contributed by atoms with Crippen LogP contribution in [0.25, 0.3) is 0 Å². The Morgan fingerprint density at radius 3 is 2.81 bits per heavy atom. The van der Waals surface area contributed by atoms with Gasteiger partial charge in [-0.15, -0.1) is 11.8 Å². The summed E-state index contributed by atoms with van der Waals surface area (Å²) in [5, 5.41) is 11.8. The molecule has 1 heterocycles. The Bertz CT molecular complexity index is 786. The molecule has 2 atom stereocenters. The second-order valence-electron chi connectivity index (χ2n) is 5.81. The van der Waals surface area contributed by atoms with E-state index in [1.54, 1.807) is 18.2 Å². The number of aliphatic carboxylic acids is 1. The van der Waals surface area contributed by atoms with Crippen LogP contribution < -0.4 is 14.8 Å². The van der Waals surface area contributed by atoms with Crippen LogP contribution in [0.2, 0.25) is 0 Å². The number of hydrogen-bond donors (Lipinski definition) is 2. The zero-order chi connectivity index (χ0) is 18.5. The van der Waals surface area contributed by atoms with E-state index in [-0.39, 0.29) is 17.8 Å². The van der Waals surface area contributed by atoms with Crippen LogP contribution in [0.15, 0.2) is 42.5 Å². The highest BCUT2D eigenvalue weighted by Gasteiger charge is 2.31. The average molecular weight is 377 g/mol. The molecular formula is C19H20FNO4S. The van der Waals surface area contributed by atoms with Crippen LogP contribution in [-0.4, -0.2) is 29.5 Å². The molecule has 138 valence electrons. The zero-order valence-electron chi connectivity index (χ0n) is 14.3. The molecule has 0 aliphatic carbocycles. The molecule has 1 aliphatic heterocycles. The molecule has 1 aliphatic rings. The van der Waals surface area contributed by atoms with Crippen molar-refractivity contribution in [1.29, 1.82) is 0 Å². The normalized spacial score (nSPS) is 19.3. The molecule has 0 spiro atoms. The molecule has 5 nitrogen and oxygen atoms in total. The van der Waals surface area contributed by atoms with E-state index in [1.165, 1.54) is 23.9 Å². The van der Waals surface area contributed by atoms with Gasteiger partial charge in [0.2, 0.25) is 0 Å². The van der Waals surface area contributed by atoms with Gasteiger partial charge in [0.15, 0.2) is 11.5 Å². The maximum atomic E-state index is 13.3. The van der Waals surface area contributed by atoms with Crippen LogP contribution >= 0.6 is 11.8 Å². The minimum absolute atomic E-state index is 0.104. The second-order valence-corrected chi connectivity index (χ2v) is 7.12. The van der Waals surface area contributed by atoms with Gasteiger partial charge in [-0.05, 0) is 42.3 Å². The van der Waals surface area contributed by atoms with Crippen molar-refractivity contribution in [2.45, 2.75) is 24.2 Å². The molecule has 3 rings (SSSR count). The van der Waals surface area contributed by atoms with Crippen molar-refractivity contribution >= 4 is 17.7 Å². The van der Waals surface area contributed by atoms with E-state index < -0.39 is 11.2 Å². The first-order chi connectivity index (χ1) is 12.6. The van der Waals surface area contributed by atoms with E-state index in [0.29, 0.717) is 24.7 Å². The molecule has 0 unspecified atom stereocenters. The minimum atomic E-state index is -0.815. The molecule has 0 saturated carbocycles. The van der Waals surface area contributed by atoms with Crippen molar-refractivity contribution in [3.63, 3.8) is 0 Å². The van der Waals surface area contributed by atoms with Gasteiger partial charge >= 0.3 is 5.97 Å². The summed E-state index contributed by atoms with van der Waals surface area (Å²) in [6.07, 6.45) is 0. The van der Waals surface area contributed by atoms with Gasteiger partial charge in [-0.3, -0.25) is 10.1 Å². The molecule has 0 aromatic heterocycles. The molecule has 0 bridgehead atoms. The summed E-state index contributed by atoms with van der Waals surface area (Å²) in [5.41, 5.74) is 1.66. The van der Waals surface area contributed by atoms with Gasteiger partial charge in [-0.2, -0.15) is 0 Å². The highest BCUT2D eigenvalue weighted by Crippen LogP contribution is 2.39. The monoisotopic (exact) mass is 377 g/mol. The summed E-state index contributed by atoms with van der Waals surface area (Å²) in [4.78, 5) is 11.1. The fraction of sp³-hybridized carbons (Fsp3) is 0.316. The summed E-state index contributed by atoms with van der Waals surface area (Å²) < 4.78 is 24.7. The van der Waals surface area contributed by atoms with Gasteiger partial charge < -0.3 is 14.6 Å². The fourth-order valence-corrected chi connectivity index (χ4v) is 3.81. The van der Waals surface area contributed by atoms with Crippen molar-refractivity contribution in [2.75, 3.05) is 13.2 Å². The summed E-state index contributed by atoms with van der Waals surface area (Å²) in [6.45, 7) is 3.01. The third-order valence-electron chi connectivity index (χ3n) is 3.92. The maximum Gasteiger partial charge on any atom is 0.318 e. The Morgan fingerprint density at radius 2 is 2.12 bits per heavy atom. The molecule has 1 saturated heterocycles. The lowest BCUT2D eigenvalue weighted by atomic mass is 10.2. The van der Waals surface area contributed by atoms with Crippen LogP contribution in [0.3, 0.4) is 0 Å². The quantitative estimate of drug-likeness (QED) is 0.769. The first-order valence-corrected chi connectivity index (χ1v) is 9.26. The first kappa shape index (κ1) is 18.5. The van der Waals surface area contributed by atoms with E-state index in [1.807, 2.05) is 19.1 Å². The van der Waals surface area contributed by atoms with Crippen LogP contribution in [0.4, 0.5) is 4.39 Å². The molecule has 0 amide bonds. The van der Waals surface area contributed by atoms with Crippen LogP contribution in [0.1, 0.15) is 23.4 Å². The molecule has 26 heavy (non-hydrogen) atoms. The number of ether oxygens (including phenoxy) is 2. The van der Waals surface area contributed by atoms with Crippen molar-refractivity contribution in [1.82, 2.24) is 5.32 Å². The van der Waals surface area contributed by atoms with Gasteiger partial charge in [0.1, 0.15) is 17.7 Å². The smallest absolute Gasteiger partial charge is 0.318 e. The Labute approximate surface area is 155 Å². The number of carbonyl (C=O) groups is 1. The van der Waals surface area contributed by atoms with Crippen LogP contribution in [-0.2, 0) is 11.4 Å². The van der Waals surface area contributed by atoms with Crippen molar-refractivity contribution in [3.05, 3.63) is 59.4 Å². The molecule has 1 fully saturated rings. The standard InChI is InChI=1S/C19H20FNO4S/c1-2-24-16-9-13(18-21-10-17(26-18)19(22)23)6-7-15(16)25-11-12-4-3-5-14(20)8-12/h3-9,17-18,21H,2,10-11H2,1H3,(H,22,23)/t17-,18+/m0/s1. The van der Waals surface area contributed by atoms with Gasteiger partial charge in [0.25, 0.3) is 0 Å². The largest absolute Gasteiger partial charge is 0.490 e. The molecule has 0 radical (unpaired) electrons. The van der Waals surface area contributed by atoms with Gasteiger partial charge in [0.05, 0.1) is 12.0 Å². The van der Waals surface area contributed by atoms with E-state index in [9.17, 15) is 9.18 Å². The average Bonchev–Trinajstić information content (AvgIpc) is 3.11. The summed E-state index contributed by atoms with van der Waals surface area (Å²) in [5.74, 6) is 0.0362. The van der Waals surface area contributed by atoms with Gasteiger partial charge in [-0.1, -0.05) is 18.2 Å². The van der Waals surface area contributed by atoms with E-state index in [0.717, 1.165) is 11.1 Å². The fourth-order valence-electron chi connectivity index (χ4n) is 2.68. The molecule has 2 aromatic carbocycles. The number of thioether (sulfide) groups is 1. The first-order valence-electron chi connectivity index (χ1n) is 8.32. The van der Waals surface area contributed by atoms with E-state index in [2.05, 4.69) is 5.32 Å². The number of nitrogens with one attached hydrogen (secondary N) is 1. The zero-order valence-corrected chi connectivity index (χ0v) is 15.1. The van der Waals surface area contributed by atoms with Crippen LogP contribution in [0, 0.1) is 5.82 Å². The summed E-state index contributed by atoms with van der Waals surface area (Å²) in [7, 11) is 0. The molecule has 7 heteroatoms. The highest BCUT2D eigenvalue weighted by atomic mass is 32.2. The van der Waals surface area contributed by atoms with Crippen molar-refractivity contribution in [3.8, 4) is 11.5 Å². The van der Waals surface area contributed by atoms with E-state index in [4.69, 9.17) is 14.6 Å². The van der Waals surface area contributed by atoms with Gasteiger partial charge in [-0.25, -0.2) is 4.39 Å². The number of rotatable bonds is 7. The maximum absolute atomic E-state index is 13.3. The Morgan fingerprint density at radius 1 is 1.27 bits per heavy atom. The van der Waals surface area contributed by atoms with Gasteiger partial charge in [0, 0.05) is 6.54 Å². The number of benzene rings is 2. The number of carboxylic acids is 1. The lowest BCUT2D eigenvalue weighted by Crippen LogP contribution is -2.21. The Balaban J connectivity index is 1.73. The molecule has 2 N–H and O–H groups in total. The number of hydrogen-bond acceptors (Lipinski definition) is 5. The highest BCUT2D eigenvalue weighted by molar-refractivity contribution is 8.01. The number of carboxylic acid groups (broad SMARTS) is 1. The number of halogens is 1. The van der Waals surface area contributed by atoms with Crippen molar-refractivity contribution in [2.24, 2.45) is 0 Å². The summed E-state index contributed by atoms with van der Waals surface area (Å²) in [6, 6.07) is 11.8. The lowest BCUT2D eigenvalue weighted by molar-refractivity contribution is -0.136. The van der Waals surface area contributed by atoms with Crippen LogP contribution in [0.5, 0.6) is 11.5 Å². The second kappa shape index (κ2) is 8.42. The Hall–Kier alpha value is -2.25. The predicted molar refractivity (Wildman–Crippen MR) is 98.1 cm³/mol. The lowest BCUT2D eigenvalue weighted by Gasteiger charge is -2.16.